The molecule has 0 aliphatic heterocycles. The fourth-order valence-electron chi connectivity index (χ4n) is 0. The van der Waals surface area contributed by atoms with Crippen LogP contribution in [0, 0.1) is 0 Å². The summed E-state index contributed by atoms with van der Waals surface area (Å²) in [5, 5.41) is 0. The SMILES string of the molecule is CCOCl.[V]. The molecule has 1 radical (unpaired) electrons. The van der Waals surface area contributed by atoms with E-state index < -0.39 is 0 Å². The van der Waals surface area contributed by atoms with E-state index in [1.807, 2.05) is 6.92 Å². The van der Waals surface area contributed by atoms with Crippen molar-refractivity contribution < 1.29 is 22.8 Å². The number of halogens is 1. The van der Waals surface area contributed by atoms with Crippen molar-refractivity contribution in [3.05, 3.63) is 0 Å². The van der Waals surface area contributed by atoms with Crippen LogP contribution in [0.25, 0.3) is 0 Å². The second-order valence-electron chi connectivity index (χ2n) is 0.398. The van der Waals surface area contributed by atoms with Gasteiger partial charge < -0.3 is 0 Å². The molecule has 0 unspecified atom stereocenters. The number of hydrogen-bond acceptors (Lipinski definition) is 1. The molecule has 0 aromatic carbocycles. The Bertz CT molecular complexity index is 11.6. The van der Waals surface area contributed by atoms with E-state index in [4.69, 9.17) is 0 Å². The van der Waals surface area contributed by atoms with Crippen molar-refractivity contribution in [1.29, 1.82) is 0 Å². The van der Waals surface area contributed by atoms with Gasteiger partial charge in [0.1, 0.15) is 0 Å². The fraction of sp³-hybridized carbons (Fsp3) is 1.00. The average Bonchev–Trinajstić information content (AvgIpc) is 1.37. The van der Waals surface area contributed by atoms with Gasteiger partial charge >= 0.3 is 0 Å². The van der Waals surface area contributed by atoms with Crippen molar-refractivity contribution in [1.82, 2.24) is 0 Å². The molecule has 0 atom stereocenters. The molecule has 1 nitrogen and oxygen atoms in total. The molecule has 0 aromatic heterocycles. The summed E-state index contributed by atoms with van der Waals surface area (Å²) >= 11 is 4.69. The summed E-state index contributed by atoms with van der Waals surface area (Å²) in [4.78, 5) is 0. The Morgan fingerprint density at radius 1 is 1.80 bits per heavy atom. The Kier molecular flexibility index (Phi) is 16.4. The molecule has 0 aliphatic rings. The summed E-state index contributed by atoms with van der Waals surface area (Å²) in [7, 11) is 0. The first-order valence-electron chi connectivity index (χ1n) is 1.15. The van der Waals surface area contributed by atoms with Crippen LogP contribution in [0.1, 0.15) is 6.92 Å². The van der Waals surface area contributed by atoms with Gasteiger partial charge in [-0.25, -0.2) is 0 Å². The van der Waals surface area contributed by atoms with Crippen LogP contribution in [-0.4, -0.2) is 6.61 Å². The summed E-state index contributed by atoms with van der Waals surface area (Å²) in [5.41, 5.74) is 0. The minimum absolute atomic E-state index is 0. The maximum absolute atomic E-state index is 4.69. The van der Waals surface area contributed by atoms with Gasteiger partial charge in [-0.05, 0) is 6.92 Å². The summed E-state index contributed by atoms with van der Waals surface area (Å²) in [6.07, 6.45) is 0. The maximum Gasteiger partial charge on any atom is 0.0654 e. The molecule has 3 heteroatoms. The van der Waals surface area contributed by atoms with E-state index >= 15 is 0 Å². The third-order valence-electron chi connectivity index (χ3n) is 0.109. The molecule has 0 fully saturated rings. The van der Waals surface area contributed by atoms with Gasteiger partial charge in [-0.2, -0.15) is 0 Å². The van der Waals surface area contributed by atoms with Crippen LogP contribution in [-0.2, 0) is 22.8 Å². The van der Waals surface area contributed by atoms with E-state index in [2.05, 4.69) is 16.2 Å². The van der Waals surface area contributed by atoms with Gasteiger partial charge in [-0.15, -0.1) is 0 Å². The summed E-state index contributed by atoms with van der Waals surface area (Å²) < 4.78 is 4.01. The molecular formula is C2H5ClOV. The van der Waals surface area contributed by atoms with Crippen LogP contribution in [0.4, 0.5) is 0 Å². The molecule has 0 spiro atoms. The summed E-state index contributed by atoms with van der Waals surface area (Å²) in [6, 6.07) is 0. The molecule has 0 heterocycles. The Labute approximate surface area is 48.7 Å². The molecule has 0 amide bonds. The molecule has 5 heavy (non-hydrogen) atoms. The maximum atomic E-state index is 4.69. The van der Waals surface area contributed by atoms with E-state index in [9.17, 15) is 0 Å². The predicted molar refractivity (Wildman–Crippen MR) is 17.5 cm³/mol. The third kappa shape index (κ3) is 11.5. The minimum atomic E-state index is 0. The van der Waals surface area contributed by atoms with Crippen molar-refractivity contribution in [3.8, 4) is 0 Å². The van der Waals surface area contributed by atoms with Crippen molar-refractivity contribution in [2.24, 2.45) is 0 Å². The topological polar surface area (TPSA) is 9.23 Å². The van der Waals surface area contributed by atoms with Gasteiger partial charge in [0, 0.05) is 18.6 Å². The van der Waals surface area contributed by atoms with Crippen molar-refractivity contribution in [2.45, 2.75) is 6.92 Å². The Morgan fingerprint density at radius 2 is 2.00 bits per heavy atom. The molecule has 0 bridgehead atoms. The molecule has 0 N–H and O–H groups in total. The predicted octanol–water partition coefficient (Wildman–Crippen LogP) is 1.17. The van der Waals surface area contributed by atoms with Gasteiger partial charge in [0.25, 0.3) is 0 Å². The van der Waals surface area contributed by atoms with Crippen LogP contribution < -0.4 is 0 Å². The zero-order valence-electron chi connectivity index (χ0n) is 2.94. The van der Waals surface area contributed by atoms with Gasteiger partial charge in [-0.3, -0.25) is 4.29 Å². The van der Waals surface area contributed by atoms with Crippen LogP contribution in [0.2, 0.25) is 0 Å². The third-order valence-corrected chi connectivity index (χ3v) is 0.327. The van der Waals surface area contributed by atoms with Crippen LogP contribution in [0.3, 0.4) is 0 Å². The van der Waals surface area contributed by atoms with E-state index in [1.54, 1.807) is 0 Å². The summed E-state index contributed by atoms with van der Waals surface area (Å²) in [5.74, 6) is 0. The first-order valence-corrected chi connectivity index (χ1v) is 1.46. The molecule has 0 aromatic rings. The Hall–Kier alpha value is 0.834. The molecule has 0 aliphatic carbocycles. The van der Waals surface area contributed by atoms with Crippen LogP contribution in [0.5, 0.6) is 0 Å². The number of hydrogen-bond donors (Lipinski definition) is 0. The molecule has 0 saturated heterocycles. The minimum Gasteiger partial charge on any atom is -0.280 e. The van der Waals surface area contributed by atoms with Gasteiger partial charge in [0.15, 0.2) is 0 Å². The summed E-state index contributed by atoms with van der Waals surface area (Å²) in [6.45, 7) is 2.41. The Balaban J connectivity index is 0. The van der Waals surface area contributed by atoms with E-state index in [0.717, 1.165) is 0 Å². The average molecular weight is 131 g/mol. The second-order valence-corrected chi connectivity index (χ2v) is 0.616. The monoisotopic (exact) mass is 131 g/mol. The zero-order chi connectivity index (χ0) is 3.41. The quantitative estimate of drug-likeness (QED) is 0.519. The van der Waals surface area contributed by atoms with E-state index in [0.29, 0.717) is 6.61 Å². The normalized spacial score (nSPS) is 6.00. The van der Waals surface area contributed by atoms with Gasteiger partial charge in [-0.1, -0.05) is 0 Å². The molecular weight excluding hydrogens is 126 g/mol. The fourth-order valence-corrected chi connectivity index (χ4v) is 0. The first kappa shape index (κ1) is 9.27. The van der Waals surface area contributed by atoms with Crippen molar-refractivity contribution in [2.75, 3.05) is 6.61 Å². The van der Waals surface area contributed by atoms with Crippen LogP contribution >= 0.6 is 11.9 Å². The van der Waals surface area contributed by atoms with Crippen molar-refractivity contribution >= 4 is 11.9 Å². The largest absolute Gasteiger partial charge is 0.280 e. The zero-order valence-corrected chi connectivity index (χ0v) is 5.09. The van der Waals surface area contributed by atoms with Crippen molar-refractivity contribution in [3.63, 3.8) is 0 Å². The van der Waals surface area contributed by atoms with Crippen LogP contribution in [0.15, 0.2) is 0 Å². The standard InChI is InChI=1S/C2H5ClO.V/c1-2-4-3;/h2H2,1H3;. The number of rotatable bonds is 1. The first-order chi connectivity index (χ1) is 1.91. The smallest absolute Gasteiger partial charge is 0.0654 e. The molecule has 0 rings (SSSR count). The van der Waals surface area contributed by atoms with E-state index in [-0.39, 0.29) is 18.6 Å². The Morgan fingerprint density at radius 3 is 2.00 bits per heavy atom. The molecule has 0 saturated carbocycles. The van der Waals surface area contributed by atoms with E-state index in [1.165, 1.54) is 0 Å². The van der Waals surface area contributed by atoms with Gasteiger partial charge in [0.2, 0.25) is 0 Å². The van der Waals surface area contributed by atoms with Gasteiger partial charge in [0.05, 0.1) is 18.5 Å². The second kappa shape index (κ2) is 8.85. The molecule has 31 valence electrons.